The van der Waals surface area contributed by atoms with E-state index < -0.39 is 0 Å². The first-order valence-corrected chi connectivity index (χ1v) is 7.21. The Bertz CT molecular complexity index is 417. The van der Waals surface area contributed by atoms with Crippen LogP contribution < -0.4 is 10.5 Å². The lowest BCUT2D eigenvalue weighted by atomic mass is 9.93. The van der Waals surface area contributed by atoms with Crippen molar-refractivity contribution in [2.75, 3.05) is 26.2 Å². The smallest absolute Gasteiger partial charge is 0.124 e. The van der Waals surface area contributed by atoms with Gasteiger partial charge in [0.2, 0.25) is 0 Å². The number of para-hydroxylation sites is 1. The molecule has 1 saturated heterocycles. The largest absolute Gasteiger partial charge is 0.494 e. The lowest BCUT2D eigenvalue weighted by Gasteiger charge is -2.24. The second-order valence-electron chi connectivity index (χ2n) is 6.23. The van der Waals surface area contributed by atoms with Crippen molar-refractivity contribution in [1.82, 2.24) is 4.90 Å². The number of benzene rings is 1. The Hall–Kier alpha value is -1.06. The van der Waals surface area contributed by atoms with Crippen LogP contribution in [0.15, 0.2) is 24.3 Å². The van der Waals surface area contributed by atoms with Crippen LogP contribution in [0.5, 0.6) is 5.75 Å². The minimum absolute atomic E-state index is 0.0247. The van der Waals surface area contributed by atoms with Gasteiger partial charge in [-0.25, -0.2) is 0 Å². The lowest BCUT2D eigenvalue weighted by Crippen LogP contribution is -2.31. The fourth-order valence-electron chi connectivity index (χ4n) is 2.83. The van der Waals surface area contributed by atoms with Crippen molar-refractivity contribution in [3.05, 3.63) is 29.8 Å². The number of hydrogen-bond acceptors (Lipinski definition) is 3. The third-order valence-corrected chi connectivity index (χ3v) is 3.83. The van der Waals surface area contributed by atoms with Crippen molar-refractivity contribution in [3.63, 3.8) is 0 Å². The maximum atomic E-state index is 6.37. The van der Waals surface area contributed by atoms with E-state index >= 15 is 0 Å². The van der Waals surface area contributed by atoms with E-state index in [1.165, 1.54) is 6.42 Å². The zero-order chi connectivity index (χ0) is 13.9. The molecule has 1 aromatic rings. The van der Waals surface area contributed by atoms with Crippen LogP contribution in [0.2, 0.25) is 0 Å². The second kappa shape index (κ2) is 5.93. The molecule has 2 N–H and O–H groups in total. The molecule has 19 heavy (non-hydrogen) atoms. The van der Waals surface area contributed by atoms with E-state index in [0.29, 0.717) is 12.0 Å². The minimum Gasteiger partial charge on any atom is -0.494 e. The minimum atomic E-state index is 0.0247. The number of hydrogen-bond donors (Lipinski definition) is 1. The predicted molar refractivity (Wildman–Crippen MR) is 79.4 cm³/mol. The molecule has 0 bridgehead atoms. The fraction of sp³-hybridized carbons (Fsp3) is 0.625. The summed E-state index contributed by atoms with van der Waals surface area (Å²) >= 11 is 0. The number of ether oxygens (including phenoxy) is 1. The molecule has 3 heteroatoms. The van der Waals surface area contributed by atoms with E-state index in [9.17, 15) is 0 Å². The van der Waals surface area contributed by atoms with E-state index in [4.69, 9.17) is 10.5 Å². The summed E-state index contributed by atoms with van der Waals surface area (Å²) in [4.78, 5) is 2.47. The van der Waals surface area contributed by atoms with Gasteiger partial charge in [0.25, 0.3) is 0 Å². The fourth-order valence-corrected chi connectivity index (χ4v) is 2.83. The molecule has 1 heterocycles. The van der Waals surface area contributed by atoms with Crippen LogP contribution >= 0.6 is 0 Å². The van der Waals surface area contributed by atoms with Gasteiger partial charge in [-0.2, -0.15) is 0 Å². The van der Waals surface area contributed by atoms with Crippen LogP contribution in [0.25, 0.3) is 0 Å². The monoisotopic (exact) mass is 262 g/mol. The zero-order valence-corrected chi connectivity index (χ0v) is 12.4. The van der Waals surface area contributed by atoms with Crippen molar-refractivity contribution in [2.24, 2.45) is 11.1 Å². The molecular formula is C16H26N2O. The molecule has 0 saturated carbocycles. The molecule has 1 aliphatic heterocycles. The Morgan fingerprint density at radius 1 is 1.37 bits per heavy atom. The maximum Gasteiger partial charge on any atom is 0.124 e. The molecule has 2 rings (SSSR count). The molecule has 1 aromatic carbocycles. The van der Waals surface area contributed by atoms with E-state index in [-0.39, 0.29) is 6.04 Å². The first kappa shape index (κ1) is 14.4. The summed E-state index contributed by atoms with van der Waals surface area (Å²) in [6.07, 6.45) is 1.26. The third kappa shape index (κ3) is 3.71. The summed E-state index contributed by atoms with van der Waals surface area (Å²) < 4.78 is 5.67. The van der Waals surface area contributed by atoms with Crippen molar-refractivity contribution >= 4 is 0 Å². The van der Waals surface area contributed by atoms with Gasteiger partial charge in [0.15, 0.2) is 0 Å². The highest BCUT2D eigenvalue weighted by molar-refractivity contribution is 5.36. The van der Waals surface area contributed by atoms with Crippen LogP contribution in [0.3, 0.4) is 0 Å². The molecule has 0 aliphatic carbocycles. The van der Waals surface area contributed by atoms with E-state index in [2.05, 4.69) is 24.8 Å². The first-order valence-electron chi connectivity index (χ1n) is 7.21. The van der Waals surface area contributed by atoms with Crippen molar-refractivity contribution in [3.8, 4) is 5.75 Å². The Kier molecular flexibility index (Phi) is 4.48. The molecule has 1 unspecified atom stereocenters. The van der Waals surface area contributed by atoms with Crippen LogP contribution in [-0.2, 0) is 0 Å². The molecule has 0 amide bonds. The van der Waals surface area contributed by atoms with Crippen LogP contribution in [0, 0.1) is 5.41 Å². The normalized spacial score (nSPS) is 20.4. The van der Waals surface area contributed by atoms with Gasteiger partial charge in [-0.1, -0.05) is 32.0 Å². The van der Waals surface area contributed by atoms with E-state index in [0.717, 1.165) is 30.9 Å². The molecule has 0 aromatic heterocycles. The molecule has 1 aliphatic rings. The Morgan fingerprint density at radius 3 is 2.74 bits per heavy atom. The molecule has 3 nitrogen and oxygen atoms in total. The van der Waals surface area contributed by atoms with Crippen LogP contribution in [-0.4, -0.2) is 31.1 Å². The SMILES string of the molecule is CCOc1ccccc1C(N)CN1CCC(C)(C)C1. The Balaban J connectivity index is 2.02. The van der Waals surface area contributed by atoms with Crippen LogP contribution in [0.4, 0.5) is 0 Å². The van der Waals surface area contributed by atoms with Gasteiger partial charge in [-0.15, -0.1) is 0 Å². The predicted octanol–water partition coefficient (Wildman–Crippen LogP) is 2.82. The average Bonchev–Trinajstić information content (AvgIpc) is 2.69. The first-order chi connectivity index (χ1) is 9.02. The van der Waals surface area contributed by atoms with Gasteiger partial charge in [0, 0.05) is 24.7 Å². The summed E-state index contributed by atoms with van der Waals surface area (Å²) in [5.41, 5.74) is 7.92. The van der Waals surface area contributed by atoms with E-state index in [1.807, 2.05) is 25.1 Å². The average molecular weight is 262 g/mol. The number of likely N-dealkylation sites (tertiary alicyclic amines) is 1. The van der Waals surface area contributed by atoms with Gasteiger partial charge in [0.05, 0.1) is 6.61 Å². The molecule has 106 valence electrons. The topological polar surface area (TPSA) is 38.5 Å². The van der Waals surface area contributed by atoms with Crippen LogP contribution in [0.1, 0.15) is 38.8 Å². The highest BCUT2D eigenvalue weighted by Crippen LogP contribution is 2.31. The third-order valence-electron chi connectivity index (χ3n) is 3.83. The quantitative estimate of drug-likeness (QED) is 0.887. The Morgan fingerprint density at radius 2 is 2.11 bits per heavy atom. The summed E-state index contributed by atoms with van der Waals surface area (Å²) in [6, 6.07) is 8.15. The lowest BCUT2D eigenvalue weighted by molar-refractivity contribution is 0.271. The number of rotatable bonds is 5. The molecule has 1 atom stereocenters. The second-order valence-corrected chi connectivity index (χ2v) is 6.23. The molecular weight excluding hydrogens is 236 g/mol. The van der Waals surface area contributed by atoms with Gasteiger partial charge in [-0.3, -0.25) is 0 Å². The standard InChI is InChI=1S/C16H26N2O/c1-4-19-15-8-6-5-7-13(15)14(17)11-18-10-9-16(2,3)12-18/h5-8,14H,4,9-12,17H2,1-3H3. The van der Waals surface area contributed by atoms with Crippen molar-refractivity contribution in [1.29, 1.82) is 0 Å². The van der Waals surface area contributed by atoms with Crippen molar-refractivity contribution in [2.45, 2.75) is 33.2 Å². The highest BCUT2D eigenvalue weighted by atomic mass is 16.5. The maximum absolute atomic E-state index is 6.37. The zero-order valence-electron chi connectivity index (χ0n) is 12.4. The van der Waals surface area contributed by atoms with Gasteiger partial charge in [0.1, 0.15) is 5.75 Å². The molecule has 1 fully saturated rings. The van der Waals surface area contributed by atoms with Gasteiger partial charge in [-0.05, 0) is 31.4 Å². The Labute approximate surface area is 116 Å². The van der Waals surface area contributed by atoms with Gasteiger partial charge < -0.3 is 15.4 Å². The number of nitrogens with two attached hydrogens (primary N) is 1. The summed E-state index contributed by atoms with van der Waals surface area (Å²) in [6.45, 7) is 10.5. The summed E-state index contributed by atoms with van der Waals surface area (Å²) in [5.74, 6) is 0.927. The molecule has 0 radical (unpaired) electrons. The van der Waals surface area contributed by atoms with Crippen molar-refractivity contribution < 1.29 is 4.74 Å². The summed E-state index contributed by atoms with van der Waals surface area (Å²) in [7, 11) is 0. The summed E-state index contributed by atoms with van der Waals surface area (Å²) in [5, 5.41) is 0. The van der Waals surface area contributed by atoms with E-state index in [1.54, 1.807) is 0 Å². The highest BCUT2D eigenvalue weighted by Gasteiger charge is 2.30. The molecule has 0 spiro atoms. The number of nitrogens with zero attached hydrogens (tertiary/aromatic N) is 1. The van der Waals surface area contributed by atoms with Gasteiger partial charge >= 0.3 is 0 Å².